The summed E-state index contributed by atoms with van der Waals surface area (Å²) >= 11 is 1.79. The molecule has 4 heterocycles. The lowest BCUT2D eigenvalue weighted by atomic mass is 9.79. The van der Waals surface area contributed by atoms with Crippen molar-refractivity contribution in [1.29, 1.82) is 0 Å². The normalized spacial score (nSPS) is 17.2. The SMILES string of the molecule is CCc1cc2c(N3CCC4(CN(Cc5cccc(OCCCCC(=O)OC(C)(C)C)c5)C4)C3)ncnc2s1. The third-order valence-electron chi connectivity index (χ3n) is 7.33. The number of likely N-dealkylation sites (tertiary alicyclic amines) is 1. The van der Waals surface area contributed by atoms with Crippen molar-refractivity contribution in [2.45, 2.75) is 71.9 Å². The summed E-state index contributed by atoms with van der Waals surface area (Å²) in [5, 5.41) is 1.21. The second kappa shape index (κ2) is 11.2. The van der Waals surface area contributed by atoms with Crippen LogP contribution in [0, 0.1) is 5.41 Å². The molecule has 8 heteroatoms. The van der Waals surface area contributed by atoms with Crippen LogP contribution in [0.4, 0.5) is 5.82 Å². The highest BCUT2D eigenvalue weighted by Gasteiger charge is 2.47. The van der Waals surface area contributed by atoms with Crippen LogP contribution < -0.4 is 9.64 Å². The van der Waals surface area contributed by atoms with Gasteiger partial charge >= 0.3 is 5.97 Å². The number of ether oxygens (including phenoxy) is 2. The summed E-state index contributed by atoms with van der Waals surface area (Å²) in [5.41, 5.74) is 1.22. The monoisotopic (exact) mass is 536 g/mol. The molecule has 2 aliphatic rings. The molecule has 0 aliphatic carbocycles. The topological polar surface area (TPSA) is 67.8 Å². The number of hydrogen-bond acceptors (Lipinski definition) is 8. The molecule has 5 rings (SSSR count). The summed E-state index contributed by atoms with van der Waals surface area (Å²) in [6.07, 6.45) is 6.02. The molecule has 0 unspecified atom stereocenters. The molecule has 2 saturated heterocycles. The molecule has 0 radical (unpaired) electrons. The van der Waals surface area contributed by atoms with E-state index < -0.39 is 5.60 Å². The second-order valence-electron chi connectivity index (χ2n) is 11.8. The summed E-state index contributed by atoms with van der Waals surface area (Å²) in [6, 6.07) is 10.7. The van der Waals surface area contributed by atoms with Crippen LogP contribution in [0.3, 0.4) is 0 Å². The Bertz CT molecular complexity index is 1260. The molecule has 0 atom stereocenters. The maximum atomic E-state index is 11.8. The number of unbranched alkanes of at least 4 members (excludes halogenated alkanes) is 1. The summed E-state index contributed by atoms with van der Waals surface area (Å²) < 4.78 is 11.3. The molecule has 38 heavy (non-hydrogen) atoms. The van der Waals surface area contributed by atoms with Crippen LogP contribution in [-0.2, 0) is 22.5 Å². The minimum Gasteiger partial charge on any atom is -0.494 e. The van der Waals surface area contributed by atoms with Crippen molar-refractivity contribution in [2.24, 2.45) is 5.41 Å². The van der Waals surface area contributed by atoms with Crippen LogP contribution in [0.25, 0.3) is 10.2 Å². The highest BCUT2D eigenvalue weighted by Crippen LogP contribution is 2.43. The van der Waals surface area contributed by atoms with Crippen LogP contribution in [0.1, 0.15) is 63.8 Å². The lowest BCUT2D eigenvalue weighted by molar-refractivity contribution is -0.154. The summed E-state index contributed by atoms with van der Waals surface area (Å²) in [5.74, 6) is 1.87. The fourth-order valence-electron chi connectivity index (χ4n) is 5.65. The number of carbonyl (C=O) groups is 1. The Morgan fingerprint density at radius 3 is 2.76 bits per heavy atom. The molecule has 0 amide bonds. The van der Waals surface area contributed by atoms with Gasteiger partial charge in [-0.2, -0.15) is 0 Å². The maximum Gasteiger partial charge on any atom is 0.306 e. The molecular formula is C30H40N4O3S. The summed E-state index contributed by atoms with van der Waals surface area (Å²) in [6.45, 7) is 13.8. The summed E-state index contributed by atoms with van der Waals surface area (Å²) in [7, 11) is 0. The van der Waals surface area contributed by atoms with E-state index >= 15 is 0 Å². The second-order valence-corrected chi connectivity index (χ2v) is 13.0. The Hall–Kier alpha value is -2.71. The first-order chi connectivity index (χ1) is 18.2. The highest BCUT2D eigenvalue weighted by molar-refractivity contribution is 7.18. The number of esters is 1. The minimum atomic E-state index is -0.423. The van der Waals surface area contributed by atoms with Crippen LogP contribution >= 0.6 is 11.3 Å². The Labute approximate surface area is 230 Å². The number of thiophene rings is 1. The van der Waals surface area contributed by atoms with Gasteiger partial charge in [-0.05, 0) is 70.2 Å². The molecule has 0 bridgehead atoms. The van der Waals surface area contributed by atoms with E-state index in [1.807, 2.05) is 26.8 Å². The standard InChI is InChI=1S/C30H40N4O3S/c1-5-24-16-25-27(31-21-32-28(25)38-24)34-13-12-30(20-34)18-33(19-30)17-22-9-8-10-23(15-22)36-14-7-6-11-26(35)37-29(2,3)4/h8-10,15-16,21H,5-7,11-14,17-20H2,1-4H3. The van der Waals surface area contributed by atoms with Crippen LogP contribution in [-0.4, -0.2) is 59.2 Å². The van der Waals surface area contributed by atoms with Gasteiger partial charge in [-0.25, -0.2) is 9.97 Å². The van der Waals surface area contributed by atoms with Gasteiger partial charge in [-0.15, -0.1) is 11.3 Å². The predicted molar refractivity (Wildman–Crippen MR) is 153 cm³/mol. The van der Waals surface area contributed by atoms with Crippen LogP contribution in [0.5, 0.6) is 5.75 Å². The van der Waals surface area contributed by atoms with Gasteiger partial charge in [0.15, 0.2) is 0 Å². The first kappa shape index (κ1) is 26.9. The maximum absolute atomic E-state index is 11.8. The quantitative estimate of drug-likeness (QED) is 0.238. The third-order valence-corrected chi connectivity index (χ3v) is 8.52. The number of carbonyl (C=O) groups excluding carboxylic acids is 1. The van der Waals surface area contributed by atoms with Crippen molar-refractivity contribution in [3.05, 3.63) is 47.1 Å². The van der Waals surface area contributed by atoms with Crippen molar-refractivity contribution in [3.8, 4) is 5.75 Å². The molecular weight excluding hydrogens is 496 g/mol. The zero-order valence-electron chi connectivity index (χ0n) is 23.2. The zero-order chi connectivity index (χ0) is 26.8. The van der Waals surface area contributed by atoms with Crippen LogP contribution in [0.2, 0.25) is 0 Å². The molecule has 204 valence electrons. The van der Waals surface area contributed by atoms with Crippen molar-refractivity contribution >= 4 is 33.3 Å². The van der Waals surface area contributed by atoms with Crippen molar-refractivity contribution in [2.75, 3.05) is 37.7 Å². The highest BCUT2D eigenvalue weighted by atomic mass is 32.1. The largest absolute Gasteiger partial charge is 0.494 e. The molecule has 2 aromatic heterocycles. The van der Waals surface area contributed by atoms with Gasteiger partial charge in [0.1, 0.15) is 28.3 Å². The number of fused-ring (bicyclic) bond motifs is 1. The van der Waals surface area contributed by atoms with Crippen LogP contribution in [0.15, 0.2) is 36.7 Å². The lowest BCUT2D eigenvalue weighted by Gasteiger charge is -2.48. The number of nitrogens with zero attached hydrogens (tertiary/aromatic N) is 4. The Morgan fingerprint density at radius 2 is 1.97 bits per heavy atom. The zero-order valence-corrected chi connectivity index (χ0v) is 24.0. The Kier molecular flexibility index (Phi) is 7.91. The predicted octanol–water partition coefficient (Wildman–Crippen LogP) is 5.86. The van der Waals surface area contributed by atoms with E-state index in [1.165, 1.54) is 22.2 Å². The first-order valence-corrected chi connectivity index (χ1v) is 14.7. The molecule has 0 saturated carbocycles. The van der Waals surface area contributed by atoms with Gasteiger partial charge in [0.05, 0.1) is 12.0 Å². The van der Waals surface area contributed by atoms with Crippen molar-refractivity contribution < 1.29 is 14.3 Å². The number of aromatic nitrogens is 2. The van der Waals surface area contributed by atoms with Crippen molar-refractivity contribution in [1.82, 2.24) is 14.9 Å². The molecule has 7 nitrogen and oxygen atoms in total. The fraction of sp³-hybridized carbons (Fsp3) is 0.567. The van der Waals surface area contributed by atoms with E-state index in [-0.39, 0.29) is 5.97 Å². The lowest BCUT2D eigenvalue weighted by Crippen LogP contribution is -2.56. The van der Waals surface area contributed by atoms with E-state index in [0.29, 0.717) is 18.4 Å². The van der Waals surface area contributed by atoms with E-state index in [0.717, 1.165) is 68.4 Å². The number of anilines is 1. The molecule has 1 aromatic carbocycles. The fourth-order valence-corrected chi connectivity index (χ4v) is 6.58. The number of hydrogen-bond donors (Lipinski definition) is 0. The van der Waals surface area contributed by atoms with Gasteiger partial charge < -0.3 is 14.4 Å². The van der Waals surface area contributed by atoms with Gasteiger partial charge in [0.2, 0.25) is 0 Å². The molecule has 1 spiro atoms. The average molecular weight is 537 g/mol. The molecule has 3 aromatic rings. The van der Waals surface area contributed by atoms with E-state index in [1.54, 1.807) is 17.7 Å². The summed E-state index contributed by atoms with van der Waals surface area (Å²) in [4.78, 5) is 28.5. The van der Waals surface area contributed by atoms with Gasteiger partial charge in [-0.3, -0.25) is 9.69 Å². The van der Waals surface area contributed by atoms with Gasteiger partial charge in [-0.1, -0.05) is 19.1 Å². The van der Waals surface area contributed by atoms with E-state index in [9.17, 15) is 4.79 Å². The van der Waals surface area contributed by atoms with E-state index in [4.69, 9.17) is 9.47 Å². The number of benzene rings is 1. The first-order valence-electron chi connectivity index (χ1n) is 13.9. The Balaban J connectivity index is 1.07. The Morgan fingerprint density at radius 1 is 1.13 bits per heavy atom. The van der Waals surface area contributed by atoms with Gasteiger partial charge in [0, 0.05) is 49.4 Å². The van der Waals surface area contributed by atoms with Crippen molar-refractivity contribution in [3.63, 3.8) is 0 Å². The smallest absolute Gasteiger partial charge is 0.306 e. The molecule has 0 N–H and O–H groups in total. The van der Waals surface area contributed by atoms with Gasteiger partial charge in [0.25, 0.3) is 0 Å². The number of aryl methyl sites for hydroxylation is 1. The van der Waals surface area contributed by atoms with E-state index in [2.05, 4.69) is 51.0 Å². The third kappa shape index (κ3) is 6.46. The average Bonchev–Trinajstić information content (AvgIpc) is 3.47. The molecule has 2 fully saturated rings. The number of rotatable bonds is 10. The molecule has 2 aliphatic heterocycles. The minimum absolute atomic E-state index is 0.139.